The van der Waals surface area contributed by atoms with E-state index < -0.39 is 17.7 Å². The Morgan fingerprint density at radius 3 is 2.14 bits per heavy atom. The summed E-state index contributed by atoms with van der Waals surface area (Å²) in [7, 11) is 0. The summed E-state index contributed by atoms with van der Waals surface area (Å²) in [6.07, 6.45) is 0.870. The molecule has 4 rings (SSSR count). The van der Waals surface area contributed by atoms with Crippen molar-refractivity contribution >= 4 is 23.1 Å². The zero-order valence-corrected chi connectivity index (χ0v) is 21.5. The largest absolute Gasteiger partial charge is 0.507 e. The van der Waals surface area contributed by atoms with Gasteiger partial charge in [-0.3, -0.25) is 14.5 Å². The van der Waals surface area contributed by atoms with Gasteiger partial charge in [-0.1, -0.05) is 52.0 Å². The summed E-state index contributed by atoms with van der Waals surface area (Å²) in [5, 5.41) is 20.5. The van der Waals surface area contributed by atoms with Crippen molar-refractivity contribution in [1.29, 1.82) is 5.26 Å². The highest BCUT2D eigenvalue weighted by Crippen LogP contribution is 2.42. The second-order valence-corrected chi connectivity index (χ2v) is 10.1. The van der Waals surface area contributed by atoms with Crippen LogP contribution in [0.4, 0.5) is 5.69 Å². The number of nitrogens with zero attached hydrogens (tertiary/aromatic N) is 2. The molecule has 6 nitrogen and oxygen atoms in total. The number of ketones is 1. The lowest BCUT2D eigenvalue weighted by Gasteiger charge is -2.26. The molecule has 0 aromatic heterocycles. The molecule has 1 heterocycles. The molecular weight excluding hydrogens is 464 g/mol. The first-order valence-corrected chi connectivity index (χ1v) is 12.3. The van der Waals surface area contributed by atoms with Crippen molar-refractivity contribution in [2.75, 3.05) is 11.5 Å². The van der Waals surface area contributed by atoms with Gasteiger partial charge >= 0.3 is 0 Å². The van der Waals surface area contributed by atoms with Crippen LogP contribution in [0, 0.1) is 11.3 Å². The summed E-state index contributed by atoms with van der Waals surface area (Å²) in [4.78, 5) is 28.1. The molecule has 1 saturated heterocycles. The number of ether oxygens (including phenoxy) is 1. The Bertz CT molecular complexity index is 1370. The zero-order chi connectivity index (χ0) is 26.7. The Hall–Kier alpha value is -4.37. The third-order valence-corrected chi connectivity index (χ3v) is 6.41. The molecule has 1 aliphatic heterocycles. The molecule has 188 valence electrons. The van der Waals surface area contributed by atoms with E-state index in [-0.39, 0.29) is 16.7 Å². The number of Topliss-reactive ketones (excluding diaryl/α,β-unsaturated/α-hetero) is 1. The summed E-state index contributed by atoms with van der Waals surface area (Å²) in [5.74, 6) is -1.09. The fourth-order valence-electron chi connectivity index (χ4n) is 4.36. The number of aliphatic hydroxyl groups is 1. The first-order valence-electron chi connectivity index (χ1n) is 12.3. The fourth-order valence-corrected chi connectivity index (χ4v) is 4.36. The smallest absolute Gasteiger partial charge is 0.300 e. The van der Waals surface area contributed by atoms with Gasteiger partial charge in [0.1, 0.15) is 11.5 Å². The van der Waals surface area contributed by atoms with Gasteiger partial charge in [0.05, 0.1) is 29.9 Å². The van der Waals surface area contributed by atoms with Gasteiger partial charge < -0.3 is 9.84 Å². The van der Waals surface area contributed by atoms with Crippen LogP contribution in [-0.4, -0.2) is 23.4 Å². The molecule has 37 heavy (non-hydrogen) atoms. The summed E-state index contributed by atoms with van der Waals surface area (Å²) in [5.41, 5.74) is 3.06. The average molecular weight is 495 g/mol. The molecule has 0 radical (unpaired) electrons. The number of hydrogen-bond donors (Lipinski definition) is 1. The molecule has 3 aromatic rings. The fraction of sp³-hybridized carbons (Fsp3) is 0.258. The summed E-state index contributed by atoms with van der Waals surface area (Å²) >= 11 is 0. The number of carbonyl (C=O) groups is 2. The van der Waals surface area contributed by atoms with Crippen molar-refractivity contribution in [2.24, 2.45) is 0 Å². The van der Waals surface area contributed by atoms with Crippen molar-refractivity contribution in [3.8, 4) is 11.8 Å². The van der Waals surface area contributed by atoms with E-state index in [4.69, 9.17) is 4.74 Å². The highest BCUT2D eigenvalue weighted by molar-refractivity contribution is 6.51. The van der Waals surface area contributed by atoms with Gasteiger partial charge in [-0.15, -0.1) is 0 Å². The second-order valence-electron chi connectivity index (χ2n) is 10.1. The Morgan fingerprint density at radius 1 is 0.973 bits per heavy atom. The van der Waals surface area contributed by atoms with Gasteiger partial charge in [-0.05, 0) is 71.5 Å². The van der Waals surface area contributed by atoms with Crippen molar-refractivity contribution in [3.63, 3.8) is 0 Å². The van der Waals surface area contributed by atoms with Gasteiger partial charge in [-0.25, -0.2) is 0 Å². The Kier molecular flexibility index (Phi) is 7.17. The highest BCUT2D eigenvalue weighted by Gasteiger charge is 2.47. The number of hydrogen-bond acceptors (Lipinski definition) is 5. The molecule has 0 spiro atoms. The van der Waals surface area contributed by atoms with Crippen LogP contribution in [0.25, 0.3) is 5.76 Å². The molecule has 0 saturated carbocycles. The van der Waals surface area contributed by atoms with E-state index in [1.54, 1.807) is 48.5 Å². The number of amides is 1. The van der Waals surface area contributed by atoms with Gasteiger partial charge in [-0.2, -0.15) is 5.26 Å². The molecule has 1 amide bonds. The van der Waals surface area contributed by atoms with E-state index in [0.717, 1.165) is 12.0 Å². The Morgan fingerprint density at radius 2 is 1.59 bits per heavy atom. The first kappa shape index (κ1) is 25.7. The maximum absolute atomic E-state index is 13.4. The molecule has 6 heteroatoms. The minimum absolute atomic E-state index is 0.0140. The van der Waals surface area contributed by atoms with Crippen LogP contribution >= 0.6 is 0 Å². The monoisotopic (exact) mass is 494 g/mol. The second kappa shape index (κ2) is 10.3. The van der Waals surface area contributed by atoms with E-state index in [0.29, 0.717) is 34.7 Å². The zero-order valence-electron chi connectivity index (χ0n) is 21.5. The minimum atomic E-state index is -0.835. The first-order chi connectivity index (χ1) is 17.7. The Balaban J connectivity index is 1.85. The number of anilines is 1. The van der Waals surface area contributed by atoms with Gasteiger partial charge in [0.2, 0.25) is 0 Å². The quantitative estimate of drug-likeness (QED) is 0.248. The van der Waals surface area contributed by atoms with Gasteiger partial charge in [0.25, 0.3) is 11.7 Å². The minimum Gasteiger partial charge on any atom is -0.507 e. The molecule has 1 fully saturated rings. The van der Waals surface area contributed by atoms with E-state index in [2.05, 4.69) is 26.8 Å². The molecule has 1 atom stereocenters. The molecule has 1 unspecified atom stereocenters. The van der Waals surface area contributed by atoms with Crippen LogP contribution in [0.2, 0.25) is 0 Å². The third-order valence-electron chi connectivity index (χ3n) is 6.41. The van der Waals surface area contributed by atoms with Crippen molar-refractivity contribution < 1.29 is 19.4 Å². The van der Waals surface area contributed by atoms with E-state index >= 15 is 0 Å². The normalized spacial score (nSPS) is 17.1. The summed E-state index contributed by atoms with van der Waals surface area (Å²) in [6.45, 7) is 8.92. The van der Waals surface area contributed by atoms with Crippen molar-refractivity contribution in [1.82, 2.24) is 0 Å². The number of nitriles is 1. The molecule has 0 bridgehead atoms. The lowest BCUT2D eigenvalue weighted by Crippen LogP contribution is -2.29. The van der Waals surface area contributed by atoms with E-state index in [1.807, 2.05) is 31.2 Å². The van der Waals surface area contributed by atoms with E-state index in [9.17, 15) is 20.0 Å². The number of rotatable bonds is 6. The lowest BCUT2D eigenvalue weighted by molar-refractivity contribution is -0.132. The highest BCUT2D eigenvalue weighted by atomic mass is 16.5. The SMILES string of the molecule is CCCOc1ccc(/C(O)=C2/C(=O)C(=O)N(c3ccc(C#N)cc3)C2c2ccc(C(C)(C)C)cc2)cc1. The van der Waals surface area contributed by atoms with Crippen LogP contribution in [0.15, 0.2) is 78.4 Å². The van der Waals surface area contributed by atoms with Crippen molar-refractivity contribution in [3.05, 3.63) is 101 Å². The van der Waals surface area contributed by atoms with Crippen LogP contribution < -0.4 is 9.64 Å². The molecule has 1 N–H and O–H groups in total. The summed E-state index contributed by atoms with van der Waals surface area (Å²) in [6, 6.07) is 22.3. The maximum atomic E-state index is 13.4. The van der Waals surface area contributed by atoms with Crippen LogP contribution in [-0.2, 0) is 15.0 Å². The third kappa shape index (κ3) is 5.12. The molecule has 3 aromatic carbocycles. The molecule has 1 aliphatic rings. The number of benzene rings is 3. The maximum Gasteiger partial charge on any atom is 0.300 e. The topological polar surface area (TPSA) is 90.6 Å². The lowest BCUT2D eigenvalue weighted by atomic mass is 9.85. The van der Waals surface area contributed by atoms with Crippen LogP contribution in [0.3, 0.4) is 0 Å². The molecule has 0 aliphatic carbocycles. The van der Waals surface area contributed by atoms with Gasteiger partial charge in [0.15, 0.2) is 0 Å². The Labute approximate surface area is 217 Å². The predicted octanol–water partition coefficient (Wildman–Crippen LogP) is 6.27. The predicted molar refractivity (Wildman–Crippen MR) is 143 cm³/mol. The van der Waals surface area contributed by atoms with Crippen LogP contribution in [0.1, 0.15) is 62.4 Å². The number of aliphatic hydroxyl groups excluding tert-OH is 1. The van der Waals surface area contributed by atoms with Crippen molar-refractivity contribution in [2.45, 2.75) is 45.6 Å². The average Bonchev–Trinajstić information content (AvgIpc) is 3.17. The number of carbonyl (C=O) groups excluding carboxylic acids is 2. The van der Waals surface area contributed by atoms with Crippen LogP contribution in [0.5, 0.6) is 5.75 Å². The van der Waals surface area contributed by atoms with Gasteiger partial charge in [0, 0.05) is 11.3 Å². The summed E-state index contributed by atoms with van der Waals surface area (Å²) < 4.78 is 5.63. The van der Waals surface area contributed by atoms with E-state index in [1.165, 1.54) is 4.90 Å². The molecular formula is C31H30N2O4. The standard InChI is InChI=1S/C31H30N2O4/c1-5-18-37-25-16-10-22(11-17-25)28(34)26-27(21-8-12-23(13-9-21)31(2,3)4)33(30(36)29(26)35)24-14-6-20(19-32)7-15-24/h6-17,27,34H,5,18H2,1-4H3/b28-26-.